The smallest absolute Gasteiger partial charge is 0.160 e. The summed E-state index contributed by atoms with van der Waals surface area (Å²) in [6, 6.07) is 4.57. The lowest BCUT2D eigenvalue weighted by molar-refractivity contribution is 0.524. The molecule has 1 fully saturated rings. The number of hydrogen-bond donors (Lipinski definition) is 0. The van der Waals surface area contributed by atoms with Gasteiger partial charge in [-0.15, -0.1) is 11.6 Å². The van der Waals surface area contributed by atoms with Gasteiger partial charge in [-0.1, -0.05) is 13.3 Å². The maximum atomic E-state index is 6.13. The fourth-order valence-corrected chi connectivity index (χ4v) is 4.60. The highest BCUT2D eigenvalue weighted by Gasteiger charge is 2.31. The summed E-state index contributed by atoms with van der Waals surface area (Å²) in [5, 5.41) is 0.668. The van der Waals surface area contributed by atoms with Crippen molar-refractivity contribution in [2.24, 2.45) is 0 Å². The number of thioether (sulfide) groups is 1. The molecule has 2 atom stereocenters. The summed E-state index contributed by atoms with van der Waals surface area (Å²) in [6.45, 7) is 4.26. The molecule has 0 N–H and O–H groups in total. The van der Waals surface area contributed by atoms with Crippen LogP contribution in [0.4, 0.5) is 0 Å². The van der Waals surface area contributed by atoms with E-state index in [1.165, 1.54) is 19.3 Å². The summed E-state index contributed by atoms with van der Waals surface area (Å²) in [5.41, 5.74) is 3.02. The van der Waals surface area contributed by atoms with Crippen molar-refractivity contribution in [3.8, 4) is 0 Å². The number of alkyl halides is 1. The largest absolute Gasteiger partial charge is 0.307 e. The van der Waals surface area contributed by atoms with Crippen molar-refractivity contribution >= 4 is 34.5 Å². The number of imidazole rings is 1. The standard InChI is InChI=1S/C15H20ClN3S/c1-3-20-13-6-4-5-12(13)19-14(9-16)18-11-8-7-10(2)17-15(11)19/h7-8,12-13H,3-6,9H2,1-2H3. The molecule has 0 amide bonds. The molecule has 1 aliphatic rings. The Bertz CT molecular complexity index is 610. The van der Waals surface area contributed by atoms with E-state index < -0.39 is 0 Å². The van der Waals surface area contributed by atoms with E-state index in [1.807, 2.05) is 13.0 Å². The van der Waals surface area contributed by atoms with Crippen molar-refractivity contribution in [2.45, 2.75) is 50.3 Å². The molecule has 2 aromatic heterocycles. The first kappa shape index (κ1) is 14.2. The minimum absolute atomic E-state index is 0.454. The van der Waals surface area contributed by atoms with Crippen molar-refractivity contribution in [2.75, 3.05) is 5.75 Å². The Morgan fingerprint density at radius 1 is 1.35 bits per heavy atom. The van der Waals surface area contributed by atoms with E-state index in [1.54, 1.807) is 0 Å². The van der Waals surface area contributed by atoms with Crippen LogP contribution in [0.3, 0.4) is 0 Å². The van der Waals surface area contributed by atoms with Crippen LogP contribution in [0.1, 0.15) is 43.7 Å². The first-order valence-electron chi connectivity index (χ1n) is 7.26. The van der Waals surface area contributed by atoms with Crippen molar-refractivity contribution in [3.05, 3.63) is 23.7 Å². The molecule has 2 unspecified atom stereocenters. The van der Waals surface area contributed by atoms with Crippen LogP contribution >= 0.6 is 23.4 Å². The van der Waals surface area contributed by atoms with Gasteiger partial charge in [0, 0.05) is 17.0 Å². The van der Waals surface area contributed by atoms with Gasteiger partial charge in [0.05, 0.1) is 5.88 Å². The van der Waals surface area contributed by atoms with Gasteiger partial charge >= 0.3 is 0 Å². The number of aromatic nitrogens is 3. The van der Waals surface area contributed by atoms with E-state index in [4.69, 9.17) is 16.6 Å². The maximum Gasteiger partial charge on any atom is 0.160 e. The second kappa shape index (κ2) is 5.94. The molecule has 1 aliphatic carbocycles. The van der Waals surface area contributed by atoms with Crippen LogP contribution in [0.2, 0.25) is 0 Å². The van der Waals surface area contributed by atoms with Crippen molar-refractivity contribution in [1.29, 1.82) is 0 Å². The molecular formula is C15H20ClN3S. The quantitative estimate of drug-likeness (QED) is 0.788. The topological polar surface area (TPSA) is 30.7 Å². The second-order valence-electron chi connectivity index (χ2n) is 5.32. The molecule has 108 valence electrons. The zero-order valence-electron chi connectivity index (χ0n) is 12.0. The first-order chi connectivity index (χ1) is 9.74. The first-order valence-corrected chi connectivity index (χ1v) is 8.85. The van der Waals surface area contributed by atoms with E-state index in [0.29, 0.717) is 17.2 Å². The maximum absolute atomic E-state index is 6.13. The van der Waals surface area contributed by atoms with Crippen molar-refractivity contribution in [3.63, 3.8) is 0 Å². The molecule has 0 saturated heterocycles. The monoisotopic (exact) mass is 309 g/mol. The second-order valence-corrected chi connectivity index (χ2v) is 7.10. The Morgan fingerprint density at radius 2 is 2.20 bits per heavy atom. The molecule has 0 bridgehead atoms. The molecule has 20 heavy (non-hydrogen) atoms. The summed E-state index contributed by atoms with van der Waals surface area (Å²) < 4.78 is 2.32. The Balaban J connectivity index is 2.10. The Morgan fingerprint density at radius 3 is 2.95 bits per heavy atom. The Hall–Kier alpha value is -0.740. The van der Waals surface area contributed by atoms with Gasteiger partial charge in [-0.25, -0.2) is 9.97 Å². The number of aryl methyl sites for hydroxylation is 1. The van der Waals surface area contributed by atoms with Gasteiger partial charge in [0.25, 0.3) is 0 Å². The number of hydrogen-bond acceptors (Lipinski definition) is 3. The summed E-state index contributed by atoms with van der Waals surface area (Å²) in [4.78, 5) is 9.39. The van der Waals surface area contributed by atoms with Gasteiger partial charge in [0.15, 0.2) is 5.65 Å². The summed E-state index contributed by atoms with van der Waals surface area (Å²) in [5.74, 6) is 2.58. The van der Waals surface area contributed by atoms with E-state index in [0.717, 1.165) is 28.4 Å². The van der Waals surface area contributed by atoms with Gasteiger partial charge in [-0.05, 0) is 37.7 Å². The molecule has 3 rings (SSSR count). The van der Waals surface area contributed by atoms with Gasteiger partial charge in [0.2, 0.25) is 0 Å². The number of pyridine rings is 1. The van der Waals surface area contributed by atoms with Crippen LogP contribution in [-0.4, -0.2) is 25.5 Å². The highest BCUT2D eigenvalue weighted by Crippen LogP contribution is 2.40. The normalized spacial score (nSPS) is 22.8. The van der Waals surface area contributed by atoms with Gasteiger partial charge in [0.1, 0.15) is 11.3 Å². The number of halogens is 1. The molecule has 0 aromatic carbocycles. The van der Waals surface area contributed by atoms with Crippen LogP contribution in [0.25, 0.3) is 11.2 Å². The molecular weight excluding hydrogens is 290 g/mol. The lowest BCUT2D eigenvalue weighted by Crippen LogP contribution is -2.18. The third kappa shape index (κ3) is 2.44. The molecule has 5 heteroatoms. The fraction of sp³-hybridized carbons (Fsp3) is 0.600. The fourth-order valence-electron chi connectivity index (χ4n) is 3.17. The van der Waals surface area contributed by atoms with Crippen molar-refractivity contribution < 1.29 is 0 Å². The summed E-state index contributed by atoms with van der Waals surface area (Å²) in [7, 11) is 0. The van der Waals surface area contributed by atoms with Crippen molar-refractivity contribution in [1.82, 2.24) is 14.5 Å². The highest BCUT2D eigenvalue weighted by atomic mass is 35.5. The minimum Gasteiger partial charge on any atom is -0.307 e. The van der Waals surface area contributed by atoms with Gasteiger partial charge < -0.3 is 4.57 Å². The zero-order chi connectivity index (χ0) is 14.1. The van der Waals surface area contributed by atoms with Crippen LogP contribution < -0.4 is 0 Å². The van der Waals surface area contributed by atoms with Gasteiger partial charge in [-0.2, -0.15) is 11.8 Å². The predicted molar refractivity (Wildman–Crippen MR) is 86.6 cm³/mol. The summed E-state index contributed by atoms with van der Waals surface area (Å²) in [6.07, 6.45) is 3.79. The van der Waals surface area contributed by atoms with Crippen LogP contribution in [-0.2, 0) is 5.88 Å². The van der Waals surface area contributed by atoms with Crippen LogP contribution in [0.5, 0.6) is 0 Å². The molecule has 2 aromatic rings. The number of fused-ring (bicyclic) bond motifs is 1. The predicted octanol–water partition coefficient (Wildman–Crippen LogP) is 4.33. The van der Waals surface area contributed by atoms with E-state index in [9.17, 15) is 0 Å². The number of rotatable bonds is 4. The molecule has 3 nitrogen and oxygen atoms in total. The number of nitrogens with zero attached hydrogens (tertiary/aromatic N) is 3. The molecule has 0 radical (unpaired) electrons. The van der Waals surface area contributed by atoms with E-state index >= 15 is 0 Å². The lowest BCUT2D eigenvalue weighted by atomic mass is 10.2. The highest BCUT2D eigenvalue weighted by molar-refractivity contribution is 7.99. The lowest BCUT2D eigenvalue weighted by Gasteiger charge is -2.22. The van der Waals surface area contributed by atoms with Crippen LogP contribution in [0.15, 0.2) is 12.1 Å². The Labute approximate surface area is 129 Å². The van der Waals surface area contributed by atoms with E-state index in [-0.39, 0.29) is 0 Å². The van der Waals surface area contributed by atoms with E-state index in [2.05, 4.69) is 34.3 Å². The summed E-state index contributed by atoms with van der Waals surface area (Å²) >= 11 is 8.19. The minimum atomic E-state index is 0.454. The third-order valence-corrected chi connectivity index (χ3v) is 5.55. The van der Waals surface area contributed by atoms with Gasteiger partial charge in [-0.3, -0.25) is 0 Å². The Kier molecular flexibility index (Phi) is 4.22. The molecule has 2 heterocycles. The SMILES string of the molecule is CCSC1CCCC1n1c(CCl)nc2ccc(C)nc21. The zero-order valence-corrected chi connectivity index (χ0v) is 13.5. The third-order valence-electron chi connectivity index (χ3n) is 4.00. The average molecular weight is 310 g/mol. The molecule has 1 saturated carbocycles. The van der Waals surface area contributed by atoms with Crippen LogP contribution in [0, 0.1) is 6.92 Å². The molecule has 0 spiro atoms. The average Bonchev–Trinajstić information content (AvgIpc) is 3.02. The molecule has 0 aliphatic heterocycles.